The summed E-state index contributed by atoms with van der Waals surface area (Å²) >= 11 is 0. The van der Waals surface area contributed by atoms with E-state index in [2.05, 4.69) is 156 Å². The second kappa shape index (κ2) is 13.2. The number of pyridine rings is 2. The van der Waals surface area contributed by atoms with Gasteiger partial charge in [0.2, 0.25) is 0 Å². The number of benzene rings is 6. The topological polar surface area (TPSA) is 73.4 Å². The standard InChI is InChI=1S/C46H28N4/c47-29-39-27-37(23-25-49-39)31-15-19-35(20-16-31)43-41-13-7-8-14-42(41)44(36-21-17-32(18-22-36)38-24-26-50-40(28-38)30-48)46(34-11-5-2-6-12-34)45(43)33-9-3-1-4-10-33/h1-28H. The van der Waals surface area contributed by atoms with Crippen molar-refractivity contribution in [3.05, 3.63) is 182 Å². The van der Waals surface area contributed by atoms with Gasteiger partial charge in [-0.25, -0.2) is 9.97 Å². The zero-order chi connectivity index (χ0) is 33.9. The molecule has 6 aromatic carbocycles. The predicted octanol–water partition coefficient (Wildman–Crippen LogP) is 11.4. The summed E-state index contributed by atoms with van der Waals surface area (Å²) in [6, 6.07) is 59.0. The fourth-order valence-corrected chi connectivity index (χ4v) is 6.83. The molecule has 0 amide bonds. The maximum atomic E-state index is 9.43. The molecule has 8 rings (SSSR count). The van der Waals surface area contributed by atoms with Gasteiger partial charge in [0.05, 0.1) is 0 Å². The Bertz CT molecular complexity index is 2390. The molecule has 0 aliphatic heterocycles. The molecule has 0 bridgehead atoms. The van der Waals surface area contributed by atoms with Crippen molar-refractivity contribution >= 4 is 10.8 Å². The van der Waals surface area contributed by atoms with Gasteiger partial charge in [-0.2, -0.15) is 10.5 Å². The second-order valence-electron chi connectivity index (χ2n) is 12.0. The molecule has 0 radical (unpaired) electrons. The van der Waals surface area contributed by atoms with E-state index in [1.165, 1.54) is 0 Å². The maximum absolute atomic E-state index is 9.43. The lowest BCUT2D eigenvalue weighted by atomic mass is 9.78. The minimum atomic E-state index is 0.396. The molecule has 2 heterocycles. The molecular formula is C46H28N4. The fourth-order valence-electron chi connectivity index (χ4n) is 6.83. The highest BCUT2D eigenvalue weighted by atomic mass is 14.7. The Morgan fingerprint density at radius 1 is 0.320 bits per heavy atom. The number of hydrogen-bond acceptors (Lipinski definition) is 4. The van der Waals surface area contributed by atoms with E-state index in [9.17, 15) is 10.5 Å². The quantitative estimate of drug-likeness (QED) is 0.182. The number of fused-ring (bicyclic) bond motifs is 1. The van der Waals surface area contributed by atoms with Crippen LogP contribution in [0, 0.1) is 22.7 Å². The third-order valence-electron chi connectivity index (χ3n) is 9.10. The third kappa shape index (κ3) is 5.58. The summed E-state index contributed by atoms with van der Waals surface area (Å²) in [7, 11) is 0. The van der Waals surface area contributed by atoms with Gasteiger partial charge in [-0.3, -0.25) is 0 Å². The SMILES string of the molecule is N#Cc1cc(-c2ccc(-c3c(-c4ccccc4)c(-c4ccccc4)c(-c4ccc(-c5ccnc(C#N)c5)cc4)c4ccccc34)cc2)ccn1. The zero-order valence-corrected chi connectivity index (χ0v) is 27.0. The monoisotopic (exact) mass is 636 g/mol. The lowest BCUT2D eigenvalue weighted by molar-refractivity contribution is 1.26. The van der Waals surface area contributed by atoms with Crippen LogP contribution in [0.2, 0.25) is 0 Å². The Morgan fingerprint density at radius 2 is 0.660 bits per heavy atom. The summed E-state index contributed by atoms with van der Waals surface area (Å²) in [5.41, 5.74) is 13.8. The molecular weight excluding hydrogens is 609 g/mol. The summed E-state index contributed by atoms with van der Waals surface area (Å²) in [5.74, 6) is 0. The van der Waals surface area contributed by atoms with Crippen molar-refractivity contribution in [1.29, 1.82) is 10.5 Å². The molecule has 232 valence electrons. The fraction of sp³-hybridized carbons (Fsp3) is 0. The number of nitriles is 2. The van der Waals surface area contributed by atoms with E-state index in [1.54, 1.807) is 12.4 Å². The summed E-state index contributed by atoms with van der Waals surface area (Å²) in [6.07, 6.45) is 3.36. The van der Waals surface area contributed by atoms with E-state index in [0.29, 0.717) is 11.4 Å². The van der Waals surface area contributed by atoms with Gasteiger partial charge in [0.25, 0.3) is 0 Å². The normalized spacial score (nSPS) is 10.8. The number of rotatable bonds is 6. The second-order valence-corrected chi connectivity index (χ2v) is 12.0. The van der Waals surface area contributed by atoms with E-state index < -0.39 is 0 Å². The van der Waals surface area contributed by atoms with Gasteiger partial charge in [0.15, 0.2) is 0 Å². The van der Waals surface area contributed by atoms with Crippen LogP contribution in [0.5, 0.6) is 0 Å². The molecule has 4 heteroatoms. The molecule has 0 fully saturated rings. The third-order valence-corrected chi connectivity index (χ3v) is 9.10. The van der Waals surface area contributed by atoms with Crippen molar-refractivity contribution in [3.63, 3.8) is 0 Å². The van der Waals surface area contributed by atoms with Gasteiger partial charge >= 0.3 is 0 Å². The van der Waals surface area contributed by atoms with E-state index in [0.717, 1.165) is 77.5 Å². The van der Waals surface area contributed by atoms with Gasteiger partial charge in [-0.15, -0.1) is 0 Å². The Labute approximate surface area is 290 Å². The molecule has 4 nitrogen and oxygen atoms in total. The molecule has 8 aromatic rings. The molecule has 2 aromatic heterocycles. The van der Waals surface area contributed by atoms with Crippen molar-refractivity contribution in [2.24, 2.45) is 0 Å². The van der Waals surface area contributed by atoms with Crippen LogP contribution in [-0.4, -0.2) is 9.97 Å². The van der Waals surface area contributed by atoms with E-state index in [4.69, 9.17) is 0 Å². The molecule has 0 aliphatic carbocycles. The van der Waals surface area contributed by atoms with Crippen LogP contribution < -0.4 is 0 Å². The lowest BCUT2D eigenvalue weighted by Gasteiger charge is -2.24. The first-order chi connectivity index (χ1) is 24.7. The maximum Gasteiger partial charge on any atom is 0.141 e. The Hall–Kier alpha value is -7.14. The Morgan fingerprint density at radius 3 is 1.04 bits per heavy atom. The van der Waals surface area contributed by atoms with Crippen molar-refractivity contribution in [1.82, 2.24) is 9.97 Å². The number of aromatic nitrogens is 2. The predicted molar refractivity (Wildman–Crippen MR) is 202 cm³/mol. The highest BCUT2D eigenvalue weighted by molar-refractivity contribution is 6.18. The summed E-state index contributed by atoms with van der Waals surface area (Å²) in [5, 5.41) is 21.2. The number of nitrogens with zero attached hydrogens (tertiary/aromatic N) is 4. The van der Waals surface area contributed by atoms with Crippen molar-refractivity contribution < 1.29 is 0 Å². The van der Waals surface area contributed by atoms with Crippen molar-refractivity contribution in [2.45, 2.75) is 0 Å². The smallest absolute Gasteiger partial charge is 0.141 e. The van der Waals surface area contributed by atoms with Crippen LogP contribution in [0.1, 0.15) is 11.4 Å². The van der Waals surface area contributed by atoms with E-state index >= 15 is 0 Å². The number of hydrogen-bond donors (Lipinski definition) is 0. The minimum Gasteiger partial charge on any atom is -0.246 e. The summed E-state index contributed by atoms with van der Waals surface area (Å²) in [4.78, 5) is 8.30. The molecule has 50 heavy (non-hydrogen) atoms. The van der Waals surface area contributed by atoms with Crippen LogP contribution in [0.25, 0.3) is 77.5 Å². The van der Waals surface area contributed by atoms with Gasteiger partial charge in [-0.05, 0) is 102 Å². The van der Waals surface area contributed by atoms with E-state index in [-0.39, 0.29) is 0 Å². The van der Waals surface area contributed by atoms with Gasteiger partial charge in [0, 0.05) is 12.4 Å². The molecule has 0 spiro atoms. The summed E-state index contributed by atoms with van der Waals surface area (Å²) < 4.78 is 0. The van der Waals surface area contributed by atoms with Gasteiger partial charge in [-0.1, -0.05) is 133 Å². The Balaban J connectivity index is 1.41. The molecule has 0 atom stereocenters. The largest absolute Gasteiger partial charge is 0.246 e. The minimum absolute atomic E-state index is 0.396. The molecule has 0 saturated carbocycles. The first-order valence-electron chi connectivity index (χ1n) is 16.4. The van der Waals surface area contributed by atoms with Crippen LogP contribution in [0.3, 0.4) is 0 Å². The van der Waals surface area contributed by atoms with Gasteiger partial charge < -0.3 is 0 Å². The molecule has 0 saturated heterocycles. The van der Waals surface area contributed by atoms with Crippen LogP contribution in [-0.2, 0) is 0 Å². The molecule has 0 aliphatic rings. The summed E-state index contributed by atoms with van der Waals surface area (Å²) in [6.45, 7) is 0. The first-order valence-corrected chi connectivity index (χ1v) is 16.4. The first kappa shape index (κ1) is 30.2. The lowest BCUT2D eigenvalue weighted by Crippen LogP contribution is -1.97. The van der Waals surface area contributed by atoms with Crippen molar-refractivity contribution in [3.8, 4) is 78.9 Å². The van der Waals surface area contributed by atoms with Crippen LogP contribution >= 0.6 is 0 Å². The van der Waals surface area contributed by atoms with Crippen LogP contribution in [0.4, 0.5) is 0 Å². The highest BCUT2D eigenvalue weighted by Crippen LogP contribution is 2.51. The average Bonchev–Trinajstić information content (AvgIpc) is 3.20. The van der Waals surface area contributed by atoms with Gasteiger partial charge in [0.1, 0.15) is 23.5 Å². The Kier molecular flexibility index (Phi) is 7.95. The molecule has 0 N–H and O–H groups in total. The van der Waals surface area contributed by atoms with Crippen LogP contribution in [0.15, 0.2) is 170 Å². The average molecular weight is 637 g/mol. The zero-order valence-electron chi connectivity index (χ0n) is 27.0. The molecule has 0 unspecified atom stereocenters. The highest BCUT2D eigenvalue weighted by Gasteiger charge is 2.24. The van der Waals surface area contributed by atoms with E-state index in [1.807, 2.05) is 24.3 Å². The van der Waals surface area contributed by atoms with Crippen molar-refractivity contribution in [2.75, 3.05) is 0 Å².